The Hall–Kier alpha value is -1.61. The average molecular weight is 203 g/mol. The normalized spacial score (nSPS) is 20.3. The molecule has 3 heteroatoms. The van der Waals surface area contributed by atoms with Crippen LogP contribution in [0, 0.1) is 0 Å². The van der Waals surface area contributed by atoms with Crippen molar-refractivity contribution in [3.05, 3.63) is 48.4 Å². The van der Waals surface area contributed by atoms with Gasteiger partial charge in [0.1, 0.15) is 13.3 Å². The van der Waals surface area contributed by atoms with E-state index >= 15 is 0 Å². The zero-order chi connectivity index (χ0) is 10.8. The molecule has 0 amide bonds. The first-order valence-corrected chi connectivity index (χ1v) is 4.92. The molecular formula is C12H15N2O+. The average Bonchev–Trinajstić information content (AvgIpc) is 2.23. The van der Waals surface area contributed by atoms with Gasteiger partial charge in [0, 0.05) is 25.4 Å². The molecule has 0 fully saturated rings. The zero-order valence-electron chi connectivity index (χ0n) is 8.96. The van der Waals surface area contributed by atoms with E-state index in [1.807, 2.05) is 61.5 Å². The Morgan fingerprint density at radius 3 is 2.60 bits per heavy atom. The fourth-order valence-corrected chi connectivity index (χ4v) is 1.51. The highest BCUT2D eigenvalue weighted by Gasteiger charge is 2.11. The van der Waals surface area contributed by atoms with Gasteiger partial charge in [0.05, 0.1) is 0 Å². The minimum absolute atomic E-state index is 0.529. The van der Waals surface area contributed by atoms with Crippen molar-refractivity contribution in [1.82, 2.24) is 4.90 Å². The van der Waals surface area contributed by atoms with Crippen LogP contribution >= 0.6 is 0 Å². The molecule has 0 spiro atoms. The number of rotatable bonds is 1. The van der Waals surface area contributed by atoms with Gasteiger partial charge in [0.25, 0.3) is 0 Å². The van der Waals surface area contributed by atoms with Crippen LogP contribution in [0.25, 0.3) is 5.57 Å². The molecule has 1 N–H and O–H groups in total. The van der Waals surface area contributed by atoms with E-state index in [0.717, 1.165) is 11.1 Å². The van der Waals surface area contributed by atoms with E-state index in [2.05, 4.69) is 0 Å². The van der Waals surface area contributed by atoms with Crippen LogP contribution in [-0.4, -0.2) is 23.3 Å². The van der Waals surface area contributed by atoms with Gasteiger partial charge in [-0.15, -0.1) is 0 Å². The van der Waals surface area contributed by atoms with Crippen LogP contribution < -0.4 is 4.57 Å². The highest BCUT2D eigenvalue weighted by Crippen LogP contribution is 2.19. The van der Waals surface area contributed by atoms with Crippen LogP contribution in [-0.2, 0) is 7.05 Å². The summed E-state index contributed by atoms with van der Waals surface area (Å²) >= 11 is 0. The molecule has 2 heterocycles. The number of aliphatic hydroxyl groups excluding tert-OH is 1. The zero-order valence-corrected chi connectivity index (χ0v) is 8.96. The van der Waals surface area contributed by atoms with Gasteiger partial charge in [0.15, 0.2) is 12.4 Å². The number of likely N-dealkylation sites (N-methyl/N-ethyl adjacent to an activating group) is 1. The number of pyridine rings is 1. The molecule has 0 radical (unpaired) electrons. The van der Waals surface area contributed by atoms with E-state index in [1.54, 1.807) is 4.90 Å². The largest absolute Gasteiger partial charge is 0.370 e. The molecule has 0 aromatic carbocycles. The van der Waals surface area contributed by atoms with Crippen LogP contribution in [0.4, 0.5) is 0 Å². The van der Waals surface area contributed by atoms with Gasteiger partial charge in [-0.05, 0) is 23.3 Å². The van der Waals surface area contributed by atoms with E-state index in [4.69, 9.17) is 0 Å². The lowest BCUT2D eigenvalue weighted by Crippen LogP contribution is -2.27. The Morgan fingerprint density at radius 1 is 1.33 bits per heavy atom. The quantitative estimate of drug-likeness (QED) is 0.679. The Labute approximate surface area is 89.6 Å². The highest BCUT2D eigenvalue weighted by molar-refractivity contribution is 5.74. The number of hydrogen-bond acceptors (Lipinski definition) is 2. The van der Waals surface area contributed by atoms with Crippen molar-refractivity contribution in [2.45, 2.75) is 6.23 Å². The maximum atomic E-state index is 9.66. The molecular weight excluding hydrogens is 188 g/mol. The summed E-state index contributed by atoms with van der Waals surface area (Å²) in [7, 11) is 3.83. The fourth-order valence-electron chi connectivity index (χ4n) is 1.51. The molecule has 15 heavy (non-hydrogen) atoms. The van der Waals surface area contributed by atoms with Gasteiger partial charge >= 0.3 is 0 Å². The second-order valence-corrected chi connectivity index (χ2v) is 3.77. The fraction of sp³-hybridized carbons (Fsp3) is 0.250. The van der Waals surface area contributed by atoms with Crippen molar-refractivity contribution in [3.63, 3.8) is 0 Å². The van der Waals surface area contributed by atoms with Gasteiger partial charge in [-0.25, -0.2) is 4.57 Å². The molecule has 0 saturated carbocycles. The van der Waals surface area contributed by atoms with Gasteiger partial charge in [-0.2, -0.15) is 0 Å². The number of nitrogens with zero attached hydrogens (tertiary/aromatic N) is 2. The van der Waals surface area contributed by atoms with Gasteiger partial charge < -0.3 is 10.0 Å². The first-order chi connectivity index (χ1) is 7.16. The molecule has 2 rings (SSSR count). The number of hydrogen-bond donors (Lipinski definition) is 1. The van der Waals surface area contributed by atoms with E-state index in [0.29, 0.717) is 0 Å². The van der Waals surface area contributed by atoms with Crippen LogP contribution in [0.3, 0.4) is 0 Å². The Morgan fingerprint density at radius 2 is 2.00 bits per heavy atom. The minimum atomic E-state index is -0.529. The Kier molecular flexibility index (Phi) is 2.56. The Bertz CT molecular complexity index is 406. The van der Waals surface area contributed by atoms with Crippen molar-refractivity contribution in [2.24, 2.45) is 7.05 Å². The molecule has 1 aliphatic rings. The number of aromatic nitrogens is 1. The summed E-state index contributed by atoms with van der Waals surface area (Å²) in [5, 5.41) is 9.66. The third-order valence-electron chi connectivity index (χ3n) is 2.55. The SMILES string of the molecule is CN1C=CC(c2cc[n+](C)cc2)=CC1O. The maximum absolute atomic E-state index is 9.66. The van der Waals surface area contributed by atoms with Crippen molar-refractivity contribution >= 4 is 5.57 Å². The first kappa shape index (κ1) is 9.93. The Balaban J connectivity index is 2.29. The second kappa shape index (κ2) is 3.87. The third kappa shape index (κ3) is 2.07. The van der Waals surface area contributed by atoms with Gasteiger partial charge in [0.2, 0.25) is 0 Å². The lowest BCUT2D eigenvalue weighted by Gasteiger charge is -2.23. The number of aliphatic hydroxyl groups is 1. The molecule has 1 aliphatic heterocycles. The first-order valence-electron chi connectivity index (χ1n) is 4.92. The van der Waals surface area contributed by atoms with Crippen molar-refractivity contribution in [2.75, 3.05) is 7.05 Å². The molecule has 1 atom stereocenters. The molecule has 0 aliphatic carbocycles. The monoisotopic (exact) mass is 203 g/mol. The van der Waals surface area contributed by atoms with E-state index < -0.39 is 6.23 Å². The van der Waals surface area contributed by atoms with Gasteiger partial charge in [-0.1, -0.05) is 0 Å². The molecule has 1 aromatic heterocycles. The lowest BCUT2D eigenvalue weighted by molar-refractivity contribution is -0.671. The topological polar surface area (TPSA) is 27.4 Å². The smallest absolute Gasteiger partial charge is 0.169 e. The molecule has 1 aromatic rings. The predicted molar refractivity (Wildman–Crippen MR) is 58.5 cm³/mol. The molecule has 1 unspecified atom stereocenters. The highest BCUT2D eigenvalue weighted by atomic mass is 16.3. The molecule has 3 nitrogen and oxygen atoms in total. The minimum Gasteiger partial charge on any atom is -0.370 e. The summed E-state index contributed by atoms with van der Waals surface area (Å²) in [6.07, 6.45) is 9.19. The number of aryl methyl sites for hydroxylation is 1. The van der Waals surface area contributed by atoms with Crippen LogP contribution in [0.5, 0.6) is 0 Å². The van der Waals surface area contributed by atoms with Crippen molar-refractivity contribution < 1.29 is 9.67 Å². The molecule has 0 bridgehead atoms. The summed E-state index contributed by atoms with van der Waals surface area (Å²) < 4.78 is 1.99. The van der Waals surface area contributed by atoms with E-state index in [9.17, 15) is 5.11 Å². The van der Waals surface area contributed by atoms with E-state index in [1.165, 1.54) is 0 Å². The standard InChI is InChI=1S/C12H15N2O/c1-13-6-3-10(4-7-13)11-5-8-14(2)12(15)9-11/h3-9,12,15H,1-2H3/q+1. The maximum Gasteiger partial charge on any atom is 0.169 e. The van der Waals surface area contributed by atoms with E-state index in [-0.39, 0.29) is 0 Å². The van der Waals surface area contributed by atoms with Gasteiger partial charge in [-0.3, -0.25) is 0 Å². The van der Waals surface area contributed by atoms with Crippen LogP contribution in [0.1, 0.15) is 5.56 Å². The summed E-state index contributed by atoms with van der Waals surface area (Å²) in [4.78, 5) is 1.76. The lowest BCUT2D eigenvalue weighted by atomic mass is 10.0. The molecule has 78 valence electrons. The number of allylic oxidation sites excluding steroid dienone is 2. The summed E-state index contributed by atoms with van der Waals surface area (Å²) in [6.45, 7) is 0. The third-order valence-corrected chi connectivity index (χ3v) is 2.55. The second-order valence-electron chi connectivity index (χ2n) is 3.77. The van der Waals surface area contributed by atoms with Crippen molar-refractivity contribution in [3.8, 4) is 0 Å². The summed E-state index contributed by atoms with van der Waals surface area (Å²) in [6, 6.07) is 4.07. The van der Waals surface area contributed by atoms with Crippen LogP contribution in [0.2, 0.25) is 0 Å². The van der Waals surface area contributed by atoms with Crippen molar-refractivity contribution in [1.29, 1.82) is 0 Å². The predicted octanol–water partition coefficient (Wildman–Crippen LogP) is 0.672. The summed E-state index contributed by atoms with van der Waals surface area (Å²) in [5.41, 5.74) is 2.18. The molecule has 0 saturated heterocycles. The van der Waals surface area contributed by atoms with Crippen LogP contribution in [0.15, 0.2) is 42.9 Å². The summed E-state index contributed by atoms with van der Waals surface area (Å²) in [5.74, 6) is 0.